The van der Waals surface area contributed by atoms with E-state index in [9.17, 15) is 0 Å². The van der Waals surface area contributed by atoms with Gasteiger partial charge in [-0.15, -0.1) is 0 Å². The van der Waals surface area contributed by atoms with Crippen LogP contribution in [-0.2, 0) is 0 Å². The van der Waals surface area contributed by atoms with Gasteiger partial charge in [0.15, 0.2) is 0 Å². The number of nitrogens with zero attached hydrogens (tertiary/aromatic N) is 1. The van der Waals surface area contributed by atoms with E-state index in [0.29, 0.717) is 0 Å². The fourth-order valence-electron chi connectivity index (χ4n) is 1.33. The molecule has 0 aliphatic carbocycles. The Morgan fingerprint density at radius 1 is 1.08 bits per heavy atom. The van der Waals surface area contributed by atoms with Gasteiger partial charge in [-0.3, -0.25) is 0 Å². The zero-order chi connectivity index (χ0) is 8.55. The Balaban J connectivity index is 2.39. The van der Waals surface area contributed by atoms with Crippen molar-refractivity contribution in [3.05, 3.63) is 28.2 Å². The van der Waals surface area contributed by atoms with Crippen LogP contribution in [0.25, 0.3) is 0 Å². The largest absolute Gasteiger partial charge is 0.369 e. The van der Waals surface area contributed by atoms with Crippen molar-refractivity contribution >= 4 is 28.9 Å². The smallest absolute Gasteiger partial charge is 0.0744 e. The first-order valence-corrected chi connectivity index (χ1v) is 4.73. The van der Waals surface area contributed by atoms with Crippen molar-refractivity contribution in [2.24, 2.45) is 0 Å². The molecule has 1 aromatic rings. The summed E-state index contributed by atoms with van der Waals surface area (Å²) in [5, 5.41) is 1.50. The number of hydrogen-bond donors (Lipinski definition) is 0. The summed E-state index contributed by atoms with van der Waals surface area (Å²) < 4.78 is 0. The predicted molar refractivity (Wildman–Crippen MR) is 53.3 cm³/mol. The van der Waals surface area contributed by atoms with Gasteiger partial charge in [0, 0.05) is 13.1 Å². The minimum atomic E-state index is 0.752. The first-order chi connectivity index (χ1) is 5.79. The average Bonchev–Trinajstić information content (AvgIpc) is 1.93. The highest BCUT2D eigenvalue weighted by atomic mass is 35.5. The van der Waals surface area contributed by atoms with Gasteiger partial charge >= 0.3 is 0 Å². The van der Waals surface area contributed by atoms with E-state index in [-0.39, 0.29) is 0 Å². The molecular weight excluding hydrogens is 193 g/mol. The predicted octanol–water partition coefficient (Wildman–Crippen LogP) is 3.20. The van der Waals surface area contributed by atoms with Crippen LogP contribution in [0.2, 0.25) is 10.0 Å². The molecular formula is C9H9Cl2N. The van der Waals surface area contributed by atoms with E-state index < -0.39 is 0 Å². The highest BCUT2D eigenvalue weighted by Gasteiger charge is 2.19. The molecule has 0 spiro atoms. The van der Waals surface area contributed by atoms with Crippen molar-refractivity contribution in [2.45, 2.75) is 6.42 Å². The van der Waals surface area contributed by atoms with E-state index in [1.165, 1.54) is 6.42 Å². The summed E-state index contributed by atoms with van der Waals surface area (Å²) >= 11 is 12.0. The fourth-order valence-corrected chi connectivity index (χ4v) is 1.97. The molecule has 1 nitrogen and oxygen atoms in total. The lowest BCUT2D eigenvalue weighted by molar-refractivity contribution is 0.618. The van der Waals surface area contributed by atoms with E-state index in [2.05, 4.69) is 4.90 Å². The number of rotatable bonds is 1. The van der Waals surface area contributed by atoms with Gasteiger partial charge in [-0.2, -0.15) is 0 Å². The van der Waals surface area contributed by atoms with Crippen LogP contribution in [0.3, 0.4) is 0 Å². The standard InChI is InChI=1S/C9H9Cl2N/c10-7-3-1-4-8(11)9(7)12-5-2-6-12/h1,3-4H,2,5-6H2. The Kier molecular flexibility index (Phi) is 2.16. The van der Waals surface area contributed by atoms with E-state index in [1.54, 1.807) is 0 Å². The molecule has 2 rings (SSSR count). The zero-order valence-electron chi connectivity index (χ0n) is 6.56. The van der Waals surface area contributed by atoms with E-state index >= 15 is 0 Å². The van der Waals surface area contributed by atoms with Crippen LogP contribution in [0.4, 0.5) is 5.69 Å². The van der Waals surface area contributed by atoms with Gasteiger partial charge in [-0.25, -0.2) is 0 Å². The monoisotopic (exact) mass is 201 g/mol. The van der Waals surface area contributed by atoms with Crippen molar-refractivity contribution in [3.8, 4) is 0 Å². The minimum absolute atomic E-state index is 0.752. The third-order valence-corrected chi connectivity index (χ3v) is 2.72. The van der Waals surface area contributed by atoms with Crippen molar-refractivity contribution in [3.63, 3.8) is 0 Å². The second-order valence-electron chi connectivity index (χ2n) is 2.91. The number of benzene rings is 1. The second kappa shape index (κ2) is 3.15. The second-order valence-corrected chi connectivity index (χ2v) is 3.73. The summed E-state index contributed by atoms with van der Waals surface area (Å²) in [7, 11) is 0. The molecule has 0 N–H and O–H groups in total. The minimum Gasteiger partial charge on any atom is -0.369 e. The van der Waals surface area contributed by atoms with Gasteiger partial charge in [-0.05, 0) is 18.6 Å². The van der Waals surface area contributed by atoms with Crippen LogP contribution < -0.4 is 4.90 Å². The number of hydrogen-bond acceptors (Lipinski definition) is 1. The summed E-state index contributed by atoms with van der Waals surface area (Å²) in [5.74, 6) is 0. The number of para-hydroxylation sites is 1. The lowest BCUT2D eigenvalue weighted by Gasteiger charge is -2.34. The van der Waals surface area contributed by atoms with E-state index in [0.717, 1.165) is 28.8 Å². The highest BCUT2D eigenvalue weighted by molar-refractivity contribution is 6.39. The van der Waals surface area contributed by atoms with Crippen molar-refractivity contribution in [1.29, 1.82) is 0 Å². The molecule has 0 atom stereocenters. The molecule has 1 fully saturated rings. The Bertz CT molecular complexity index is 274. The number of anilines is 1. The summed E-state index contributed by atoms with van der Waals surface area (Å²) in [4.78, 5) is 2.20. The fraction of sp³-hybridized carbons (Fsp3) is 0.333. The summed E-state index contributed by atoms with van der Waals surface area (Å²) in [6.07, 6.45) is 1.24. The molecule has 0 amide bonds. The molecule has 1 aliphatic rings. The van der Waals surface area contributed by atoms with E-state index in [1.807, 2.05) is 18.2 Å². The maximum Gasteiger partial charge on any atom is 0.0744 e. The maximum absolute atomic E-state index is 6.01. The highest BCUT2D eigenvalue weighted by Crippen LogP contribution is 2.35. The molecule has 64 valence electrons. The quantitative estimate of drug-likeness (QED) is 0.675. The van der Waals surface area contributed by atoms with Crippen LogP contribution >= 0.6 is 23.2 Å². The summed E-state index contributed by atoms with van der Waals surface area (Å²) in [5.41, 5.74) is 0.993. The topological polar surface area (TPSA) is 3.24 Å². The normalized spacial score (nSPS) is 16.0. The summed E-state index contributed by atoms with van der Waals surface area (Å²) in [6.45, 7) is 2.15. The lowest BCUT2D eigenvalue weighted by Crippen LogP contribution is -2.37. The molecule has 0 bridgehead atoms. The number of halogens is 2. The van der Waals surface area contributed by atoms with Crippen LogP contribution in [0.1, 0.15) is 6.42 Å². The van der Waals surface area contributed by atoms with Crippen molar-refractivity contribution in [2.75, 3.05) is 18.0 Å². The van der Waals surface area contributed by atoms with Gasteiger partial charge in [0.05, 0.1) is 15.7 Å². The molecule has 0 unspecified atom stereocenters. The van der Waals surface area contributed by atoms with Gasteiger partial charge in [0.1, 0.15) is 0 Å². The molecule has 3 heteroatoms. The first-order valence-electron chi connectivity index (χ1n) is 3.98. The Labute approximate surface area is 81.9 Å². The third-order valence-electron chi connectivity index (χ3n) is 2.11. The van der Waals surface area contributed by atoms with Gasteiger partial charge in [-0.1, -0.05) is 29.3 Å². The Morgan fingerprint density at radius 3 is 2.08 bits per heavy atom. The van der Waals surface area contributed by atoms with Crippen LogP contribution in [-0.4, -0.2) is 13.1 Å². The zero-order valence-corrected chi connectivity index (χ0v) is 8.07. The average molecular weight is 202 g/mol. The van der Waals surface area contributed by atoms with Crippen LogP contribution in [0.5, 0.6) is 0 Å². The molecule has 12 heavy (non-hydrogen) atoms. The molecule has 0 saturated carbocycles. The Hall–Kier alpha value is -0.400. The van der Waals surface area contributed by atoms with Gasteiger partial charge in [0.2, 0.25) is 0 Å². The Morgan fingerprint density at radius 2 is 1.67 bits per heavy atom. The summed E-state index contributed by atoms with van der Waals surface area (Å²) in [6, 6.07) is 5.62. The maximum atomic E-state index is 6.01. The molecule has 1 saturated heterocycles. The first kappa shape index (κ1) is 8.21. The molecule has 0 aromatic heterocycles. The van der Waals surface area contributed by atoms with Gasteiger partial charge in [0.25, 0.3) is 0 Å². The van der Waals surface area contributed by atoms with Crippen LogP contribution in [0.15, 0.2) is 18.2 Å². The van der Waals surface area contributed by atoms with Crippen LogP contribution in [0, 0.1) is 0 Å². The third kappa shape index (κ3) is 1.27. The SMILES string of the molecule is Clc1cccc(Cl)c1N1CCC1. The molecule has 0 radical (unpaired) electrons. The lowest BCUT2D eigenvalue weighted by atomic mass is 10.2. The van der Waals surface area contributed by atoms with Gasteiger partial charge < -0.3 is 4.90 Å². The van der Waals surface area contributed by atoms with Crippen molar-refractivity contribution < 1.29 is 0 Å². The van der Waals surface area contributed by atoms with E-state index in [4.69, 9.17) is 23.2 Å². The van der Waals surface area contributed by atoms with Crippen molar-refractivity contribution in [1.82, 2.24) is 0 Å². The molecule has 1 aliphatic heterocycles. The molecule has 1 heterocycles. The molecule has 1 aromatic carbocycles.